The van der Waals surface area contributed by atoms with Gasteiger partial charge < -0.3 is 9.52 Å². The molecule has 1 atom stereocenters. The van der Waals surface area contributed by atoms with Gasteiger partial charge in [-0.3, -0.25) is 4.68 Å². The Morgan fingerprint density at radius 2 is 2.15 bits per heavy atom. The second-order valence-electron chi connectivity index (χ2n) is 4.65. The lowest BCUT2D eigenvalue weighted by molar-refractivity contribution is 0.191. The van der Waals surface area contributed by atoms with Crippen molar-refractivity contribution in [2.24, 2.45) is 7.05 Å². The number of aryl methyl sites for hydroxylation is 2. The summed E-state index contributed by atoms with van der Waals surface area (Å²) in [7, 11) is 1.69. The third kappa shape index (κ3) is 1.99. The maximum absolute atomic E-state index is 13.2. The van der Waals surface area contributed by atoms with E-state index in [4.69, 9.17) is 16.0 Å². The van der Waals surface area contributed by atoms with Crippen molar-refractivity contribution in [1.82, 2.24) is 9.78 Å². The van der Waals surface area contributed by atoms with Crippen LogP contribution in [0.1, 0.15) is 23.1 Å². The highest BCUT2D eigenvalue weighted by Crippen LogP contribution is 2.33. The number of aromatic nitrogens is 2. The minimum Gasteiger partial charge on any atom is -0.458 e. The van der Waals surface area contributed by atoms with E-state index in [1.54, 1.807) is 20.0 Å². The van der Waals surface area contributed by atoms with Crippen LogP contribution in [0.15, 0.2) is 28.7 Å². The Balaban J connectivity index is 2.10. The standard InChI is InChI=1S/C14H12ClFN2O2/c1-7-12(14(15)18(2)17-7)13(19)11-6-8-5-9(16)3-4-10(8)20-11/h3-6,13,19H,1-2H3. The second kappa shape index (κ2) is 4.61. The van der Waals surface area contributed by atoms with Crippen molar-refractivity contribution in [3.05, 3.63) is 52.3 Å². The Kier molecular flexibility index (Phi) is 3.03. The maximum atomic E-state index is 13.2. The molecule has 0 fully saturated rings. The zero-order chi connectivity index (χ0) is 14.4. The largest absolute Gasteiger partial charge is 0.458 e. The van der Waals surface area contributed by atoms with E-state index in [2.05, 4.69) is 5.10 Å². The number of aliphatic hydroxyl groups is 1. The highest BCUT2D eigenvalue weighted by molar-refractivity contribution is 6.30. The number of fused-ring (bicyclic) bond motifs is 1. The summed E-state index contributed by atoms with van der Waals surface area (Å²) >= 11 is 6.12. The van der Waals surface area contributed by atoms with E-state index in [-0.39, 0.29) is 5.82 Å². The van der Waals surface area contributed by atoms with Gasteiger partial charge >= 0.3 is 0 Å². The van der Waals surface area contributed by atoms with Gasteiger partial charge in [-0.1, -0.05) is 11.6 Å². The molecule has 4 nitrogen and oxygen atoms in total. The van der Waals surface area contributed by atoms with Crippen LogP contribution in [-0.4, -0.2) is 14.9 Å². The smallest absolute Gasteiger partial charge is 0.141 e. The van der Waals surface area contributed by atoms with Gasteiger partial charge in [0.05, 0.1) is 5.69 Å². The molecule has 2 aromatic heterocycles. The van der Waals surface area contributed by atoms with Gasteiger partial charge in [0.25, 0.3) is 0 Å². The van der Waals surface area contributed by atoms with Crippen molar-refractivity contribution in [1.29, 1.82) is 0 Å². The van der Waals surface area contributed by atoms with Crippen LogP contribution in [0.25, 0.3) is 11.0 Å². The monoisotopic (exact) mass is 294 g/mol. The predicted octanol–water partition coefficient (Wildman–Crippen LogP) is 3.35. The Labute approximate surface area is 119 Å². The zero-order valence-electron chi connectivity index (χ0n) is 10.9. The molecule has 0 bridgehead atoms. The number of aliphatic hydroxyl groups excluding tert-OH is 1. The number of halogens is 2. The lowest BCUT2D eigenvalue weighted by Crippen LogP contribution is -1.99. The van der Waals surface area contributed by atoms with Crippen molar-refractivity contribution >= 4 is 22.6 Å². The van der Waals surface area contributed by atoms with E-state index in [1.165, 1.54) is 22.9 Å². The fraction of sp³-hybridized carbons (Fsp3) is 0.214. The molecule has 6 heteroatoms. The van der Waals surface area contributed by atoms with E-state index in [0.717, 1.165) is 0 Å². The van der Waals surface area contributed by atoms with E-state index < -0.39 is 6.10 Å². The Hall–Kier alpha value is -1.85. The Morgan fingerprint density at radius 1 is 1.40 bits per heavy atom. The predicted molar refractivity (Wildman–Crippen MR) is 73.2 cm³/mol. The number of rotatable bonds is 2. The number of benzene rings is 1. The van der Waals surface area contributed by atoms with Crippen LogP contribution in [0.4, 0.5) is 4.39 Å². The van der Waals surface area contributed by atoms with Gasteiger partial charge in [0, 0.05) is 18.0 Å². The first-order valence-electron chi connectivity index (χ1n) is 6.03. The van der Waals surface area contributed by atoms with Crippen LogP contribution < -0.4 is 0 Å². The third-order valence-corrected chi connectivity index (χ3v) is 3.68. The molecule has 0 saturated heterocycles. The van der Waals surface area contributed by atoms with Crippen LogP contribution in [0.2, 0.25) is 5.15 Å². The number of nitrogens with zero attached hydrogens (tertiary/aromatic N) is 2. The highest BCUT2D eigenvalue weighted by Gasteiger charge is 2.24. The Morgan fingerprint density at radius 3 is 2.80 bits per heavy atom. The molecule has 0 radical (unpaired) electrons. The molecule has 1 aromatic carbocycles. The van der Waals surface area contributed by atoms with E-state index in [1.807, 2.05) is 0 Å². The quantitative estimate of drug-likeness (QED) is 0.788. The first kappa shape index (κ1) is 13.1. The number of furan rings is 1. The van der Waals surface area contributed by atoms with Crippen molar-refractivity contribution in [2.45, 2.75) is 13.0 Å². The topological polar surface area (TPSA) is 51.2 Å². The fourth-order valence-electron chi connectivity index (χ4n) is 2.27. The molecular formula is C14H12ClFN2O2. The molecule has 1 unspecified atom stereocenters. The summed E-state index contributed by atoms with van der Waals surface area (Å²) in [6, 6.07) is 5.79. The summed E-state index contributed by atoms with van der Waals surface area (Å²) < 4.78 is 20.2. The van der Waals surface area contributed by atoms with Crippen molar-refractivity contribution in [2.75, 3.05) is 0 Å². The van der Waals surface area contributed by atoms with Crippen molar-refractivity contribution in [3.63, 3.8) is 0 Å². The molecule has 1 N–H and O–H groups in total. The molecule has 104 valence electrons. The summed E-state index contributed by atoms with van der Waals surface area (Å²) in [5.74, 6) is -0.0430. The molecule has 3 rings (SSSR count). The summed E-state index contributed by atoms with van der Waals surface area (Å²) in [4.78, 5) is 0. The summed E-state index contributed by atoms with van der Waals surface area (Å²) in [5, 5.41) is 15.5. The van der Waals surface area contributed by atoms with E-state index >= 15 is 0 Å². The van der Waals surface area contributed by atoms with Gasteiger partial charge in [0.1, 0.15) is 28.4 Å². The fourth-order valence-corrected chi connectivity index (χ4v) is 2.55. The minimum atomic E-state index is -1.04. The molecule has 0 aliphatic rings. The van der Waals surface area contributed by atoms with Crippen LogP contribution >= 0.6 is 11.6 Å². The minimum absolute atomic E-state index is 0.309. The van der Waals surface area contributed by atoms with E-state index in [0.29, 0.717) is 33.1 Å². The molecule has 0 saturated carbocycles. The van der Waals surface area contributed by atoms with Crippen LogP contribution in [-0.2, 0) is 7.05 Å². The van der Waals surface area contributed by atoms with Gasteiger partial charge in [-0.25, -0.2) is 4.39 Å². The average Bonchev–Trinajstić information content (AvgIpc) is 2.91. The average molecular weight is 295 g/mol. The van der Waals surface area contributed by atoms with Gasteiger partial charge in [-0.2, -0.15) is 5.10 Å². The molecule has 20 heavy (non-hydrogen) atoms. The maximum Gasteiger partial charge on any atom is 0.141 e. The second-order valence-corrected chi connectivity index (χ2v) is 5.00. The van der Waals surface area contributed by atoms with Crippen molar-refractivity contribution < 1.29 is 13.9 Å². The molecule has 2 heterocycles. The third-order valence-electron chi connectivity index (χ3n) is 3.24. The zero-order valence-corrected chi connectivity index (χ0v) is 11.6. The summed E-state index contributed by atoms with van der Waals surface area (Å²) in [6.07, 6.45) is -1.04. The molecule has 0 spiro atoms. The highest BCUT2D eigenvalue weighted by atomic mass is 35.5. The van der Waals surface area contributed by atoms with Gasteiger partial charge in [0.2, 0.25) is 0 Å². The van der Waals surface area contributed by atoms with Gasteiger partial charge in [-0.05, 0) is 31.2 Å². The summed E-state index contributed by atoms with van der Waals surface area (Å²) in [6.45, 7) is 1.76. The normalized spacial score (nSPS) is 13.1. The lowest BCUT2D eigenvalue weighted by Gasteiger charge is -2.07. The molecular weight excluding hydrogens is 283 g/mol. The number of hydrogen-bond donors (Lipinski definition) is 1. The summed E-state index contributed by atoms with van der Waals surface area (Å²) in [5.41, 5.74) is 1.63. The lowest BCUT2D eigenvalue weighted by atomic mass is 10.1. The Bertz CT molecular complexity index is 794. The molecule has 0 amide bonds. The molecule has 0 aliphatic heterocycles. The SMILES string of the molecule is Cc1nn(C)c(Cl)c1C(O)c1cc2cc(F)ccc2o1. The van der Waals surface area contributed by atoms with Crippen LogP contribution in [0.3, 0.4) is 0 Å². The first-order chi connectivity index (χ1) is 9.47. The molecule has 3 aromatic rings. The van der Waals surface area contributed by atoms with Crippen LogP contribution in [0.5, 0.6) is 0 Å². The van der Waals surface area contributed by atoms with Gasteiger partial charge in [-0.15, -0.1) is 0 Å². The van der Waals surface area contributed by atoms with E-state index in [9.17, 15) is 9.50 Å². The first-order valence-corrected chi connectivity index (χ1v) is 6.41. The van der Waals surface area contributed by atoms with Crippen molar-refractivity contribution in [3.8, 4) is 0 Å². The van der Waals surface area contributed by atoms with Crippen LogP contribution in [0, 0.1) is 12.7 Å². The number of hydrogen-bond acceptors (Lipinski definition) is 3. The molecule has 0 aliphatic carbocycles. The van der Waals surface area contributed by atoms with Gasteiger partial charge in [0.15, 0.2) is 0 Å².